The van der Waals surface area contributed by atoms with Gasteiger partial charge in [0.05, 0.1) is 0 Å². The van der Waals surface area contributed by atoms with Gasteiger partial charge < -0.3 is 11.5 Å². The van der Waals surface area contributed by atoms with Crippen molar-refractivity contribution in [1.29, 1.82) is 0 Å². The average Bonchev–Trinajstić information content (AvgIpc) is 2.05. The highest BCUT2D eigenvalue weighted by atomic mass is 15.2. The van der Waals surface area contributed by atoms with Crippen molar-refractivity contribution in [2.45, 2.75) is 38.3 Å². The number of nitrogens with zero attached hydrogens (tertiary/aromatic N) is 1. The van der Waals surface area contributed by atoms with E-state index in [0.717, 1.165) is 13.1 Å². The Morgan fingerprint density at radius 1 is 1.50 bits per heavy atom. The molecule has 1 rings (SSSR count). The number of hydrogen-bond acceptors (Lipinski definition) is 3. The van der Waals surface area contributed by atoms with E-state index in [-0.39, 0.29) is 6.04 Å². The molecular weight excluding hydrogens is 150 g/mol. The molecule has 0 aromatic rings. The van der Waals surface area contributed by atoms with Gasteiger partial charge in [-0.1, -0.05) is 6.42 Å². The molecule has 72 valence electrons. The van der Waals surface area contributed by atoms with Crippen LogP contribution in [0.3, 0.4) is 0 Å². The van der Waals surface area contributed by atoms with Crippen molar-refractivity contribution in [3.8, 4) is 0 Å². The molecule has 0 aliphatic carbocycles. The lowest BCUT2D eigenvalue weighted by molar-refractivity contribution is 0.135. The van der Waals surface area contributed by atoms with E-state index in [1.807, 2.05) is 0 Å². The van der Waals surface area contributed by atoms with E-state index >= 15 is 0 Å². The lowest BCUT2D eigenvalue weighted by atomic mass is 9.97. The molecule has 2 atom stereocenters. The van der Waals surface area contributed by atoms with E-state index < -0.39 is 0 Å². The summed E-state index contributed by atoms with van der Waals surface area (Å²) in [6.45, 7) is 5.04. The van der Waals surface area contributed by atoms with Crippen molar-refractivity contribution in [2.24, 2.45) is 11.5 Å². The number of piperidine rings is 1. The summed E-state index contributed by atoms with van der Waals surface area (Å²) in [7, 11) is 0. The Labute approximate surface area is 75.1 Å². The van der Waals surface area contributed by atoms with Crippen LogP contribution in [0.25, 0.3) is 0 Å². The standard InChI is InChI=1S/C9H21N3/c1-8(11)9-4-2-3-6-12(9)7-5-10/h8-9H,2-7,10-11H2,1H3. The predicted octanol–water partition coefficient (Wildman–Crippen LogP) is 0.147. The van der Waals surface area contributed by atoms with Crippen molar-refractivity contribution < 1.29 is 0 Å². The molecule has 1 aliphatic rings. The molecule has 1 aliphatic heterocycles. The van der Waals surface area contributed by atoms with Gasteiger partial charge in [0.25, 0.3) is 0 Å². The van der Waals surface area contributed by atoms with Crippen LogP contribution >= 0.6 is 0 Å². The van der Waals surface area contributed by atoms with Crippen LogP contribution in [0, 0.1) is 0 Å². The zero-order chi connectivity index (χ0) is 8.97. The van der Waals surface area contributed by atoms with Crippen molar-refractivity contribution >= 4 is 0 Å². The molecule has 3 nitrogen and oxygen atoms in total. The summed E-state index contributed by atoms with van der Waals surface area (Å²) in [6.07, 6.45) is 3.88. The van der Waals surface area contributed by atoms with Crippen LogP contribution in [-0.4, -0.2) is 36.6 Å². The molecule has 0 radical (unpaired) electrons. The third-order valence-electron chi connectivity index (χ3n) is 2.69. The molecule has 0 spiro atoms. The van der Waals surface area contributed by atoms with Gasteiger partial charge in [0, 0.05) is 25.2 Å². The van der Waals surface area contributed by atoms with Gasteiger partial charge in [-0.15, -0.1) is 0 Å². The highest BCUT2D eigenvalue weighted by Gasteiger charge is 2.24. The number of likely N-dealkylation sites (tertiary alicyclic amines) is 1. The highest BCUT2D eigenvalue weighted by molar-refractivity contribution is 4.82. The van der Waals surface area contributed by atoms with Crippen molar-refractivity contribution in [3.05, 3.63) is 0 Å². The van der Waals surface area contributed by atoms with E-state index in [0.29, 0.717) is 6.04 Å². The van der Waals surface area contributed by atoms with Gasteiger partial charge in [-0.25, -0.2) is 0 Å². The van der Waals surface area contributed by atoms with E-state index in [1.165, 1.54) is 25.8 Å². The summed E-state index contributed by atoms with van der Waals surface area (Å²) in [5, 5.41) is 0. The maximum atomic E-state index is 5.91. The van der Waals surface area contributed by atoms with Gasteiger partial charge in [0.15, 0.2) is 0 Å². The molecule has 0 aromatic carbocycles. The van der Waals surface area contributed by atoms with Crippen LogP contribution in [0.15, 0.2) is 0 Å². The third kappa shape index (κ3) is 2.44. The minimum atomic E-state index is 0.289. The summed E-state index contributed by atoms with van der Waals surface area (Å²) in [6, 6.07) is 0.860. The Hall–Kier alpha value is -0.120. The van der Waals surface area contributed by atoms with Gasteiger partial charge in [0.2, 0.25) is 0 Å². The quantitative estimate of drug-likeness (QED) is 0.635. The maximum absolute atomic E-state index is 5.91. The Morgan fingerprint density at radius 3 is 2.83 bits per heavy atom. The van der Waals surface area contributed by atoms with Crippen LogP contribution in [0.4, 0.5) is 0 Å². The van der Waals surface area contributed by atoms with Crippen molar-refractivity contribution in [2.75, 3.05) is 19.6 Å². The molecule has 12 heavy (non-hydrogen) atoms. The maximum Gasteiger partial charge on any atom is 0.0245 e. The van der Waals surface area contributed by atoms with E-state index in [9.17, 15) is 0 Å². The monoisotopic (exact) mass is 171 g/mol. The van der Waals surface area contributed by atoms with Gasteiger partial charge in [-0.3, -0.25) is 4.90 Å². The van der Waals surface area contributed by atoms with Crippen LogP contribution < -0.4 is 11.5 Å². The van der Waals surface area contributed by atoms with Crippen LogP contribution in [0.5, 0.6) is 0 Å². The summed E-state index contributed by atoms with van der Waals surface area (Å²) in [5.74, 6) is 0. The first-order valence-electron chi connectivity index (χ1n) is 4.95. The molecule has 0 saturated carbocycles. The second-order valence-corrected chi connectivity index (χ2v) is 3.75. The van der Waals surface area contributed by atoms with Crippen molar-refractivity contribution in [3.63, 3.8) is 0 Å². The van der Waals surface area contributed by atoms with Gasteiger partial charge in [0.1, 0.15) is 0 Å². The molecule has 2 unspecified atom stereocenters. The molecule has 4 N–H and O–H groups in total. The van der Waals surface area contributed by atoms with E-state index in [4.69, 9.17) is 11.5 Å². The fourth-order valence-corrected chi connectivity index (χ4v) is 2.06. The minimum Gasteiger partial charge on any atom is -0.329 e. The third-order valence-corrected chi connectivity index (χ3v) is 2.69. The lowest BCUT2D eigenvalue weighted by Gasteiger charge is -2.37. The summed E-state index contributed by atoms with van der Waals surface area (Å²) in [4.78, 5) is 2.44. The Morgan fingerprint density at radius 2 is 2.25 bits per heavy atom. The normalized spacial score (nSPS) is 28.8. The Bertz CT molecular complexity index is 123. The molecule has 0 bridgehead atoms. The molecule has 0 amide bonds. The smallest absolute Gasteiger partial charge is 0.0245 e. The van der Waals surface area contributed by atoms with Gasteiger partial charge in [-0.05, 0) is 26.3 Å². The minimum absolute atomic E-state index is 0.289. The molecule has 1 heterocycles. The van der Waals surface area contributed by atoms with Gasteiger partial charge >= 0.3 is 0 Å². The first-order valence-corrected chi connectivity index (χ1v) is 4.95. The highest BCUT2D eigenvalue weighted by Crippen LogP contribution is 2.17. The topological polar surface area (TPSA) is 55.3 Å². The summed E-state index contributed by atoms with van der Waals surface area (Å²) >= 11 is 0. The van der Waals surface area contributed by atoms with Crippen LogP contribution in [0.1, 0.15) is 26.2 Å². The van der Waals surface area contributed by atoms with Crippen molar-refractivity contribution in [1.82, 2.24) is 4.90 Å². The molecule has 3 heteroatoms. The predicted molar refractivity (Wildman–Crippen MR) is 51.9 cm³/mol. The molecule has 1 saturated heterocycles. The number of rotatable bonds is 3. The Kier molecular flexibility index (Phi) is 3.98. The second-order valence-electron chi connectivity index (χ2n) is 3.75. The zero-order valence-electron chi connectivity index (χ0n) is 8.00. The molecular formula is C9H21N3. The number of hydrogen-bond donors (Lipinski definition) is 2. The SMILES string of the molecule is CC(N)C1CCCCN1CCN. The summed E-state index contributed by atoms with van der Waals surface area (Å²) < 4.78 is 0. The summed E-state index contributed by atoms with van der Waals surface area (Å²) in [5.41, 5.74) is 11.4. The lowest BCUT2D eigenvalue weighted by Crippen LogP contribution is -2.50. The second kappa shape index (κ2) is 4.80. The first-order chi connectivity index (χ1) is 5.75. The molecule has 1 fully saturated rings. The van der Waals surface area contributed by atoms with E-state index in [1.54, 1.807) is 0 Å². The zero-order valence-corrected chi connectivity index (χ0v) is 8.00. The fraction of sp³-hybridized carbons (Fsp3) is 1.00. The average molecular weight is 171 g/mol. The van der Waals surface area contributed by atoms with Gasteiger partial charge in [-0.2, -0.15) is 0 Å². The fourth-order valence-electron chi connectivity index (χ4n) is 2.06. The van der Waals surface area contributed by atoms with Crippen LogP contribution in [-0.2, 0) is 0 Å². The largest absolute Gasteiger partial charge is 0.329 e. The Balaban J connectivity index is 2.42. The van der Waals surface area contributed by atoms with E-state index in [2.05, 4.69) is 11.8 Å². The number of nitrogens with two attached hydrogens (primary N) is 2. The first kappa shape index (κ1) is 9.96. The van der Waals surface area contributed by atoms with Crippen LogP contribution in [0.2, 0.25) is 0 Å². The molecule has 0 aromatic heterocycles.